The molecule has 0 radical (unpaired) electrons. The number of carbonyl (C=O) groups excluding carboxylic acids is 1. The lowest BCUT2D eigenvalue weighted by molar-refractivity contribution is -0.170. The molecule has 0 saturated carbocycles. The van der Waals surface area contributed by atoms with Crippen LogP contribution in [0.3, 0.4) is 0 Å². The summed E-state index contributed by atoms with van der Waals surface area (Å²) in [6.45, 7) is 0. The number of hydrogen-bond acceptors (Lipinski definition) is 5. The highest BCUT2D eigenvalue weighted by Gasteiger charge is 2.42. The second-order valence-electron chi connectivity index (χ2n) is 6.05. The fourth-order valence-corrected chi connectivity index (χ4v) is 3.26. The highest BCUT2D eigenvalue weighted by atomic mass is 35.5. The highest BCUT2D eigenvalue weighted by molar-refractivity contribution is 6.37. The fourth-order valence-electron chi connectivity index (χ4n) is 2.76. The van der Waals surface area contributed by atoms with Crippen molar-refractivity contribution in [3.8, 4) is 5.69 Å². The van der Waals surface area contributed by atoms with E-state index in [0.717, 1.165) is 15.9 Å². The molecule has 1 N–H and O–H groups in total. The van der Waals surface area contributed by atoms with E-state index in [1.165, 1.54) is 14.2 Å². The minimum absolute atomic E-state index is 0.387. The number of hydroxylamine groups is 2. The number of benzene rings is 2. The minimum atomic E-state index is -1.60. The van der Waals surface area contributed by atoms with Gasteiger partial charge in [-0.2, -0.15) is 9.78 Å². The number of aromatic amines is 1. The van der Waals surface area contributed by atoms with E-state index in [1.54, 1.807) is 48.5 Å². The molecule has 0 saturated heterocycles. The molecule has 1 atom stereocenters. The first-order valence-electron chi connectivity index (χ1n) is 8.34. The summed E-state index contributed by atoms with van der Waals surface area (Å²) < 4.78 is 1.02. The average Bonchev–Trinajstić information content (AvgIpc) is 2.72. The maximum atomic E-state index is 13.1. The van der Waals surface area contributed by atoms with Crippen molar-refractivity contribution in [2.24, 2.45) is 0 Å². The van der Waals surface area contributed by atoms with Crippen LogP contribution in [0.15, 0.2) is 64.3 Å². The molecule has 10 heteroatoms. The third kappa shape index (κ3) is 3.95. The molecule has 0 bridgehead atoms. The number of nitrogens with zero attached hydrogens (tertiary/aromatic N) is 3. The smallest absolute Gasteiger partial charge is 0.274 e. The third-order valence-corrected chi connectivity index (χ3v) is 5.17. The van der Waals surface area contributed by atoms with Crippen molar-refractivity contribution in [2.75, 3.05) is 14.2 Å². The van der Waals surface area contributed by atoms with Gasteiger partial charge in [0.15, 0.2) is 4.87 Å². The Balaban J connectivity index is 2.11. The molecule has 1 unspecified atom stereocenters. The number of amides is 1. The quantitative estimate of drug-likeness (QED) is 0.489. The minimum Gasteiger partial charge on any atom is -0.274 e. The van der Waals surface area contributed by atoms with Gasteiger partial charge in [0.1, 0.15) is 6.20 Å². The summed E-state index contributed by atoms with van der Waals surface area (Å²) in [6, 6.07) is 12.9. The third-order valence-electron chi connectivity index (χ3n) is 4.32. The molecule has 2 aromatic carbocycles. The number of hydrogen-bond donors (Lipinski definition) is 1. The number of likely N-dealkylation sites (N-methyl/N-ethyl adjacent to an activating group) is 1. The molecule has 0 aliphatic heterocycles. The van der Waals surface area contributed by atoms with Gasteiger partial charge in [-0.25, -0.2) is 9.86 Å². The van der Waals surface area contributed by atoms with Crippen LogP contribution in [0.25, 0.3) is 5.69 Å². The lowest BCUT2D eigenvalue weighted by Gasteiger charge is -2.30. The van der Waals surface area contributed by atoms with Crippen LogP contribution < -0.4 is 11.2 Å². The van der Waals surface area contributed by atoms with Crippen LogP contribution in [0.4, 0.5) is 0 Å². The summed E-state index contributed by atoms with van der Waals surface area (Å²) >= 11 is 12.8. The predicted molar refractivity (Wildman–Crippen MR) is 108 cm³/mol. The monoisotopic (exact) mass is 434 g/mol. The molecular weight excluding hydrogens is 419 g/mol. The van der Waals surface area contributed by atoms with Crippen molar-refractivity contribution in [1.29, 1.82) is 0 Å². The number of carbonyl (C=O) groups is 1. The van der Waals surface area contributed by atoms with E-state index in [-0.39, 0.29) is 0 Å². The number of aromatic nitrogens is 3. The Bertz CT molecular complexity index is 1140. The summed E-state index contributed by atoms with van der Waals surface area (Å²) in [4.78, 5) is 41.7. The Labute approximate surface area is 175 Å². The predicted octanol–water partition coefficient (Wildman–Crippen LogP) is 2.08. The summed E-state index contributed by atoms with van der Waals surface area (Å²) in [6.07, 6.45) is 0.992. The molecule has 1 heterocycles. The van der Waals surface area contributed by atoms with Crippen molar-refractivity contribution >= 4 is 29.1 Å². The average molecular weight is 435 g/mol. The van der Waals surface area contributed by atoms with Crippen LogP contribution in [0, 0.1) is 0 Å². The van der Waals surface area contributed by atoms with Gasteiger partial charge in [-0.05, 0) is 35.4 Å². The van der Waals surface area contributed by atoms with Crippen LogP contribution in [-0.4, -0.2) is 39.9 Å². The van der Waals surface area contributed by atoms with Crippen LogP contribution in [0.5, 0.6) is 0 Å². The molecule has 1 amide bonds. The lowest BCUT2D eigenvalue weighted by atomic mass is 9.89. The van der Waals surface area contributed by atoms with E-state index in [9.17, 15) is 14.4 Å². The normalized spacial score (nSPS) is 13.0. The van der Waals surface area contributed by atoms with Gasteiger partial charge < -0.3 is 0 Å². The van der Waals surface area contributed by atoms with E-state index in [1.807, 2.05) is 0 Å². The maximum absolute atomic E-state index is 13.1. The zero-order valence-electron chi connectivity index (χ0n) is 15.4. The summed E-state index contributed by atoms with van der Waals surface area (Å²) in [5.74, 6) is -0.518. The van der Waals surface area contributed by atoms with Crippen LogP contribution in [-0.2, 0) is 14.5 Å². The molecule has 3 rings (SSSR count). The van der Waals surface area contributed by atoms with Gasteiger partial charge >= 0.3 is 5.69 Å². The number of nitrogens with one attached hydrogen (secondary N) is 1. The van der Waals surface area contributed by atoms with Gasteiger partial charge in [0.2, 0.25) is 0 Å². The Morgan fingerprint density at radius 2 is 1.66 bits per heavy atom. The van der Waals surface area contributed by atoms with Crippen LogP contribution >= 0.6 is 23.2 Å². The maximum Gasteiger partial charge on any atom is 0.349 e. The van der Waals surface area contributed by atoms with Crippen LogP contribution in [0.2, 0.25) is 5.02 Å². The van der Waals surface area contributed by atoms with Crippen LogP contribution in [0.1, 0.15) is 11.1 Å². The molecule has 1 aromatic heterocycles. The van der Waals surface area contributed by atoms with Gasteiger partial charge in [0, 0.05) is 12.1 Å². The Kier molecular flexibility index (Phi) is 5.88. The van der Waals surface area contributed by atoms with E-state index in [0.29, 0.717) is 21.8 Å². The molecule has 0 aliphatic rings. The zero-order chi connectivity index (χ0) is 21.2. The van der Waals surface area contributed by atoms with Gasteiger partial charge in [0.25, 0.3) is 11.5 Å². The first-order valence-corrected chi connectivity index (χ1v) is 9.09. The van der Waals surface area contributed by atoms with Crippen molar-refractivity contribution in [1.82, 2.24) is 19.8 Å². The second kappa shape index (κ2) is 8.20. The Hall–Kier alpha value is -2.94. The first-order chi connectivity index (χ1) is 13.8. The van der Waals surface area contributed by atoms with Crippen molar-refractivity contribution in [2.45, 2.75) is 4.87 Å². The first kappa shape index (κ1) is 20.8. The molecule has 0 aliphatic carbocycles. The van der Waals surface area contributed by atoms with E-state index in [4.69, 9.17) is 28.0 Å². The van der Waals surface area contributed by atoms with Gasteiger partial charge in [0.05, 0.1) is 12.8 Å². The Morgan fingerprint density at radius 3 is 2.17 bits per heavy atom. The highest BCUT2D eigenvalue weighted by Crippen LogP contribution is 2.39. The van der Waals surface area contributed by atoms with Crippen molar-refractivity contribution in [3.05, 3.63) is 91.7 Å². The van der Waals surface area contributed by atoms with Crippen molar-refractivity contribution in [3.63, 3.8) is 0 Å². The topological polar surface area (TPSA) is 97.3 Å². The van der Waals surface area contributed by atoms with E-state index >= 15 is 0 Å². The number of rotatable bonds is 5. The molecule has 0 fully saturated rings. The molecule has 8 nitrogen and oxygen atoms in total. The standard InChI is InChI=1S/C19H16Cl2N4O4/c1-24(29-2)17(27)19(21,12-3-7-14(20)8-4-12)13-5-9-15(10-6-13)25-18(28)23-16(26)11-22-25/h3-11H,1-2H3,(H,23,26,28). The molecule has 150 valence electrons. The SMILES string of the molecule is CON(C)C(=O)C(Cl)(c1ccc(Cl)cc1)c1ccc(-n2ncc(=O)[nH]c2=O)cc1. The summed E-state index contributed by atoms with van der Waals surface area (Å²) in [5, 5.41) is 5.33. The molecule has 0 spiro atoms. The summed E-state index contributed by atoms with van der Waals surface area (Å²) in [5.41, 5.74) is 0.0349. The van der Waals surface area contributed by atoms with Gasteiger partial charge in [-0.15, -0.1) is 0 Å². The lowest BCUT2D eigenvalue weighted by Crippen LogP contribution is -2.42. The Morgan fingerprint density at radius 1 is 1.10 bits per heavy atom. The molecule has 29 heavy (non-hydrogen) atoms. The largest absolute Gasteiger partial charge is 0.349 e. The van der Waals surface area contributed by atoms with Crippen molar-refractivity contribution < 1.29 is 9.63 Å². The fraction of sp³-hybridized carbons (Fsp3) is 0.158. The van der Waals surface area contributed by atoms with E-state index in [2.05, 4.69) is 10.1 Å². The zero-order valence-corrected chi connectivity index (χ0v) is 16.9. The van der Waals surface area contributed by atoms with Gasteiger partial charge in [-0.3, -0.25) is 19.4 Å². The second-order valence-corrected chi connectivity index (χ2v) is 7.05. The molecular formula is C19H16Cl2N4O4. The number of alkyl halides is 1. The number of halogens is 2. The summed E-state index contributed by atoms with van der Waals surface area (Å²) in [7, 11) is 2.81. The number of H-pyrrole nitrogens is 1. The molecule has 3 aromatic rings. The van der Waals surface area contributed by atoms with E-state index < -0.39 is 22.0 Å². The van der Waals surface area contributed by atoms with Gasteiger partial charge in [-0.1, -0.05) is 47.5 Å².